The normalized spacial score (nSPS) is 22.1. The average molecular weight is 180 g/mol. The summed E-state index contributed by atoms with van der Waals surface area (Å²) in [5.74, 6) is -0.140. The minimum absolute atomic E-state index is 0.140. The molecule has 1 aromatic carbocycles. The Labute approximate surface area is 78.0 Å². The van der Waals surface area contributed by atoms with Gasteiger partial charge in [-0.1, -0.05) is 12.1 Å². The van der Waals surface area contributed by atoms with Crippen LogP contribution in [0.25, 0.3) is 0 Å². The van der Waals surface area contributed by atoms with Gasteiger partial charge in [-0.2, -0.15) is 0 Å². The molecule has 0 radical (unpaired) electrons. The van der Waals surface area contributed by atoms with Crippen LogP contribution in [-0.2, 0) is 6.42 Å². The molecule has 1 heterocycles. The molecule has 1 aromatic rings. The Morgan fingerprint density at radius 2 is 2.08 bits per heavy atom. The molecule has 1 aliphatic rings. The average Bonchev–Trinajstić information content (AvgIpc) is 2.62. The zero-order valence-electron chi connectivity index (χ0n) is 7.67. The maximum absolute atomic E-state index is 12.6. The van der Waals surface area contributed by atoms with Gasteiger partial charge >= 0.3 is 0 Å². The van der Waals surface area contributed by atoms with Gasteiger partial charge in [-0.05, 0) is 17.7 Å². The summed E-state index contributed by atoms with van der Waals surface area (Å²) < 4.78 is 12.6. The quantitative estimate of drug-likeness (QED) is 0.701. The maximum atomic E-state index is 12.6. The first-order chi connectivity index (χ1) is 6.34. The van der Waals surface area contributed by atoms with Crippen molar-refractivity contribution in [1.29, 1.82) is 0 Å². The third-order valence-electron chi connectivity index (χ3n) is 2.69. The molecule has 0 aromatic heterocycles. The van der Waals surface area contributed by atoms with E-state index in [1.165, 1.54) is 24.9 Å². The van der Waals surface area contributed by atoms with Crippen LogP contribution in [-0.4, -0.2) is 12.6 Å². The van der Waals surface area contributed by atoms with E-state index in [9.17, 15) is 4.39 Å². The van der Waals surface area contributed by atoms with Crippen LogP contribution in [0.1, 0.15) is 18.4 Å². The highest BCUT2D eigenvalue weighted by Crippen LogP contribution is 2.08. The fourth-order valence-electron chi connectivity index (χ4n) is 1.96. The topological polar surface area (TPSA) is 16.6 Å². The zero-order chi connectivity index (χ0) is 9.10. The van der Waals surface area contributed by atoms with Gasteiger partial charge in [0.15, 0.2) is 0 Å². The fraction of sp³-hybridized carbons (Fsp3) is 0.455. The van der Waals surface area contributed by atoms with Crippen molar-refractivity contribution in [2.75, 3.05) is 6.54 Å². The van der Waals surface area contributed by atoms with E-state index in [1.807, 2.05) is 12.1 Å². The van der Waals surface area contributed by atoms with E-state index in [-0.39, 0.29) is 5.82 Å². The first kappa shape index (κ1) is 8.70. The number of hydrogen-bond acceptors (Lipinski definition) is 0. The third kappa shape index (κ3) is 2.28. The van der Waals surface area contributed by atoms with Gasteiger partial charge in [-0.3, -0.25) is 0 Å². The monoisotopic (exact) mass is 180 g/mol. The van der Waals surface area contributed by atoms with Crippen LogP contribution in [0.4, 0.5) is 4.39 Å². The van der Waals surface area contributed by atoms with Crippen LogP contribution in [0, 0.1) is 5.82 Å². The molecule has 0 unspecified atom stereocenters. The predicted octanol–water partition coefficient (Wildman–Crippen LogP) is 1.09. The Kier molecular flexibility index (Phi) is 2.60. The molecule has 0 spiro atoms. The van der Waals surface area contributed by atoms with Crippen molar-refractivity contribution in [3.63, 3.8) is 0 Å². The molecule has 0 aliphatic carbocycles. The largest absolute Gasteiger partial charge is 0.344 e. The molecule has 2 rings (SSSR count). The second-order valence-corrected chi connectivity index (χ2v) is 3.76. The molecule has 2 N–H and O–H groups in total. The minimum Gasteiger partial charge on any atom is -0.344 e. The molecule has 0 amide bonds. The lowest BCUT2D eigenvalue weighted by atomic mass is 10.0. The Hall–Kier alpha value is -0.890. The van der Waals surface area contributed by atoms with Crippen molar-refractivity contribution in [3.05, 3.63) is 35.6 Å². The minimum atomic E-state index is -0.140. The maximum Gasteiger partial charge on any atom is 0.123 e. The van der Waals surface area contributed by atoms with Gasteiger partial charge in [0.25, 0.3) is 0 Å². The summed E-state index contributed by atoms with van der Waals surface area (Å²) in [6, 6.07) is 7.60. The summed E-state index contributed by atoms with van der Waals surface area (Å²) in [7, 11) is 0. The fourth-order valence-corrected chi connectivity index (χ4v) is 1.96. The summed E-state index contributed by atoms with van der Waals surface area (Å²) >= 11 is 0. The van der Waals surface area contributed by atoms with E-state index in [4.69, 9.17) is 0 Å². The Balaban J connectivity index is 1.97. The number of halogens is 1. The molecule has 1 saturated heterocycles. The van der Waals surface area contributed by atoms with E-state index in [2.05, 4.69) is 5.32 Å². The summed E-state index contributed by atoms with van der Waals surface area (Å²) in [5, 5.41) is 2.39. The summed E-state index contributed by atoms with van der Waals surface area (Å²) in [6.45, 7) is 1.26. The molecule has 0 bridgehead atoms. The predicted molar refractivity (Wildman–Crippen MR) is 49.9 cm³/mol. The van der Waals surface area contributed by atoms with Gasteiger partial charge in [-0.15, -0.1) is 0 Å². The summed E-state index contributed by atoms with van der Waals surface area (Å²) in [4.78, 5) is 0. The molecule has 1 fully saturated rings. The lowest BCUT2D eigenvalue weighted by Crippen LogP contribution is -2.87. The van der Waals surface area contributed by atoms with Gasteiger partial charge < -0.3 is 5.32 Å². The number of nitrogens with two attached hydrogens (primary N) is 1. The lowest BCUT2D eigenvalue weighted by molar-refractivity contribution is -0.669. The Morgan fingerprint density at radius 3 is 2.69 bits per heavy atom. The smallest absolute Gasteiger partial charge is 0.123 e. The van der Waals surface area contributed by atoms with Crippen molar-refractivity contribution in [2.45, 2.75) is 25.3 Å². The van der Waals surface area contributed by atoms with Gasteiger partial charge in [0.1, 0.15) is 5.82 Å². The highest BCUT2D eigenvalue weighted by atomic mass is 19.1. The van der Waals surface area contributed by atoms with E-state index in [0.717, 1.165) is 12.5 Å². The number of benzene rings is 1. The lowest BCUT2D eigenvalue weighted by Gasteiger charge is -2.06. The van der Waals surface area contributed by atoms with Crippen molar-refractivity contribution in [1.82, 2.24) is 0 Å². The molecular weight excluding hydrogens is 165 g/mol. The van der Waals surface area contributed by atoms with E-state index in [0.29, 0.717) is 0 Å². The number of hydrogen-bond donors (Lipinski definition) is 1. The molecule has 70 valence electrons. The summed E-state index contributed by atoms with van der Waals surface area (Å²) in [5.41, 5.74) is 1.25. The molecule has 0 saturated carbocycles. The van der Waals surface area contributed by atoms with Gasteiger partial charge in [0.05, 0.1) is 12.6 Å². The Morgan fingerprint density at radius 1 is 1.31 bits per heavy atom. The SMILES string of the molecule is Fc1ccc(C[C@H]2CCC[NH2+]2)cc1. The standard InChI is InChI=1S/C11H14FN/c12-10-5-3-9(4-6-10)8-11-2-1-7-13-11/h3-6,11,13H,1-2,7-8H2/p+1/t11-/m1/s1. The van der Waals surface area contributed by atoms with Crippen molar-refractivity contribution < 1.29 is 9.71 Å². The van der Waals surface area contributed by atoms with Gasteiger partial charge in [-0.25, -0.2) is 4.39 Å². The van der Waals surface area contributed by atoms with E-state index in [1.54, 1.807) is 12.1 Å². The van der Waals surface area contributed by atoms with Crippen molar-refractivity contribution in [3.8, 4) is 0 Å². The van der Waals surface area contributed by atoms with E-state index >= 15 is 0 Å². The molecule has 1 nitrogen and oxygen atoms in total. The molecular formula is C11H15FN+. The van der Waals surface area contributed by atoms with Crippen LogP contribution >= 0.6 is 0 Å². The van der Waals surface area contributed by atoms with Gasteiger partial charge in [0, 0.05) is 19.3 Å². The van der Waals surface area contributed by atoms with Gasteiger partial charge in [0.2, 0.25) is 0 Å². The summed E-state index contributed by atoms with van der Waals surface area (Å²) in [6.07, 6.45) is 3.71. The second kappa shape index (κ2) is 3.88. The van der Waals surface area contributed by atoms with Crippen molar-refractivity contribution >= 4 is 0 Å². The van der Waals surface area contributed by atoms with Crippen LogP contribution < -0.4 is 5.32 Å². The van der Waals surface area contributed by atoms with Crippen molar-refractivity contribution in [2.24, 2.45) is 0 Å². The molecule has 13 heavy (non-hydrogen) atoms. The highest BCUT2D eigenvalue weighted by molar-refractivity contribution is 5.16. The first-order valence-electron chi connectivity index (χ1n) is 4.92. The number of rotatable bonds is 2. The van der Waals surface area contributed by atoms with Crippen LogP contribution in [0.5, 0.6) is 0 Å². The second-order valence-electron chi connectivity index (χ2n) is 3.76. The Bertz CT molecular complexity index is 262. The van der Waals surface area contributed by atoms with E-state index < -0.39 is 0 Å². The van der Waals surface area contributed by atoms with Crippen LogP contribution in [0.2, 0.25) is 0 Å². The first-order valence-corrected chi connectivity index (χ1v) is 4.92. The van der Waals surface area contributed by atoms with Crippen LogP contribution in [0.15, 0.2) is 24.3 Å². The molecule has 2 heteroatoms. The molecule has 1 atom stereocenters. The molecule has 1 aliphatic heterocycles. The third-order valence-corrected chi connectivity index (χ3v) is 2.69. The zero-order valence-corrected chi connectivity index (χ0v) is 7.67. The van der Waals surface area contributed by atoms with Crippen LogP contribution in [0.3, 0.4) is 0 Å². The number of quaternary nitrogens is 1. The highest BCUT2D eigenvalue weighted by Gasteiger charge is 2.17.